The van der Waals surface area contributed by atoms with Gasteiger partial charge in [0.1, 0.15) is 0 Å². The van der Waals surface area contributed by atoms with Gasteiger partial charge in [0.25, 0.3) is 0 Å². The predicted molar refractivity (Wildman–Crippen MR) is 78.4 cm³/mol. The Morgan fingerprint density at radius 3 is 2.61 bits per heavy atom. The van der Waals surface area contributed by atoms with E-state index in [-0.39, 0.29) is 0 Å². The molecule has 0 aliphatic carbocycles. The fourth-order valence-corrected chi connectivity index (χ4v) is 2.15. The number of aromatic nitrogens is 1. The second-order valence-corrected chi connectivity index (χ2v) is 5.07. The molecule has 1 aromatic carbocycles. The summed E-state index contributed by atoms with van der Waals surface area (Å²) in [5.41, 5.74) is 8.98. The topological polar surface area (TPSA) is 42.2 Å². The molecule has 0 saturated carbocycles. The van der Waals surface area contributed by atoms with Gasteiger partial charge in [0.05, 0.1) is 11.4 Å². The standard InChI is InChI=1S/C14H16BrN3/c1-18(10-11-4-6-12(15)7-5-11)14-3-2-8-17-13(14)9-16/h2-8H,9-10,16H2,1H3. The molecule has 0 spiro atoms. The SMILES string of the molecule is CN(Cc1ccc(Br)cc1)c1cccnc1CN. The van der Waals surface area contributed by atoms with Gasteiger partial charge in [-0.2, -0.15) is 0 Å². The second-order valence-electron chi connectivity index (χ2n) is 4.16. The molecular weight excluding hydrogens is 290 g/mol. The zero-order chi connectivity index (χ0) is 13.0. The molecule has 4 heteroatoms. The van der Waals surface area contributed by atoms with Crippen LogP contribution in [0.4, 0.5) is 5.69 Å². The maximum atomic E-state index is 5.71. The monoisotopic (exact) mass is 305 g/mol. The molecule has 0 bridgehead atoms. The first-order valence-corrected chi connectivity index (χ1v) is 6.59. The summed E-state index contributed by atoms with van der Waals surface area (Å²) in [5, 5.41) is 0. The third-order valence-electron chi connectivity index (χ3n) is 2.80. The quantitative estimate of drug-likeness (QED) is 0.944. The number of anilines is 1. The van der Waals surface area contributed by atoms with Gasteiger partial charge in [-0.3, -0.25) is 4.98 Å². The van der Waals surface area contributed by atoms with E-state index in [4.69, 9.17) is 5.73 Å². The molecular formula is C14H16BrN3. The third kappa shape index (κ3) is 3.09. The van der Waals surface area contributed by atoms with Crippen molar-refractivity contribution in [3.05, 3.63) is 58.3 Å². The highest BCUT2D eigenvalue weighted by molar-refractivity contribution is 9.10. The fraction of sp³-hybridized carbons (Fsp3) is 0.214. The molecule has 1 heterocycles. The molecule has 0 saturated heterocycles. The minimum atomic E-state index is 0.459. The van der Waals surface area contributed by atoms with Crippen LogP contribution in [-0.2, 0) is 13.1 Å². The van der Waals surface area contributed by atoms with Crippen molar-refractivity contribution in [2.75, 3.05) is 11.9 Å². The summed E-state index contributed by atoms with van der Waals surface area (Å²) in [6.45, 7) is 1.30. The molecule has 0 atom stereocenters. The molecule has 2 aromatic rings. The lowest BCUT2D eigenvalue weighted by atomic mass is 10.2. The Bertz CT molecular complexity index is 511. The van der Waals surface area contributed by atoms with E-state index in [0.717, 1.165) is 22.4 Å². The molecule has 2 rings (SSSR count). The fourth-order valence-electron chi connectivity index (χ4n) is 1.88. The zero-order valence-corrected chi connectivity index (χ0v) is 11.9. The molecule has 0 amide bonds. The first-order chi connectivity index (χ1) is 8.70. The normalized spacial score (nSPS) is 10.4. The van der Waals surface area contributed by atoms with Crippen molar-refractivity contribution in [2.24, 2.45) is 5.73 Å². The summed E-state index contributed by atoms with van der Waals surface area (Å²) in [6, 6.07) is 12.3. The van der Waals surface area contributed by atoms with Crippen LogP contribution in [0.1, 0.15) is 11.3 Å². The lowest BCUT2D eigenvalue weighted by Gasteiger charge is -2.21. The molecule has 0 unspecified atom stereocenters. The van der Waals surface area contributed by atoms with Gasteiger partial charge in [0, 0.05) is 30.8 Å². The number of pyridine rings is 1. The molecule has 2 N–H and O–H groups in total. The molecule has 0 aliphatic heterocycles. The van der Waals surface area contributed by atoms with Crippen LogP contribution in [0.15, 0.2) is 47.1 Å². The Labute approximate surface area is 116 Å². The van der Waals surface area contributed by atoms with Crippen LogP contribution in [0.25, 0.3) is 0 Å². The van der Waals surface area contributed by atoms with Crippen molar-refractivity contribution >= 4 is 21.6 Å². The number of hydrogen-bond acceptors (Lipinski definition) is 3. The van der Waals surface area contributed by atoms with Gasteiger partial charge in [0.15, 0.2) is 0 Å². The van der Waals surface area contributed by atoms with Crippen LogP contribution < -0.4 is 10.6 Å². The van der Waals surface area contributed by atoms with Crippen molar-refractivity contribution < 1.29 is 0 Å². The third-order valence-corrected chi connectivity index (χ3v) is 3.33. The molecule has 3 nitrogen and oxygen atoms in total. The van der Waals surface area contributed by atoms with Crippen molar-refractivity contribution in [3.63, 3.8) is 0 Å². The lowest BCUT2D eigenvalue weighted by Crippen LogP contribution is -2.19. The highest BCUT2D eigenvalue weighted by atomic mass is 79.9. The molecule has 1 aromatic heterocycles. The van der Waals surface area contributed by atoms with Gasteiger partial charge in [-0.25, -0.2) is 0 Å². The highest BCUT2D eigenvalue weighted by Crippen LogP contribution is 2.19. The van der Waals surface area contributed by atoms with Crippen molar-refractivity contribution in [1.82, 2.24) is 4.98 Å². The van der Waals surface area contributed by atoms with Crippen molar-refractivity contribution in [1.29, 1.82) is 0 Å². The number of benzene rings is 1. The van der Waals surface area contributed by atoms with Crippen LogP contribution in [-0.4, -0.2) is 12.0 Å². The van der Waals surface area contributed by atoms with E-state index in [9.17, 15) is 0 Å². The Kier molecular flexibility index (Phi) is 4.33. The number of hydrogen-bond donors (Lipinski definition) is 1. The maximum absolute atomic E-state index is 5.71. The van der Waals surface area contributed by atoms with Crippen molar-refractivity contribution in [3.8, 4) is 0 Å². The van der Waals surface area contributed by atoms with Gasteiger partial charge in [-0.1, -0.05) is 28.1 Å². The van der Waals surface area contributed by atoms with E-state index < -0.39 is 0 Å². The van der Waals surface area contributed by atoms with Crippen LogP contribution in [0.3, 0.4) is 0 Å². The van der Waals surface area contributed by atoms with E-state index in [2.05, 4.69) is 57.1 Å². The zero-order valence-electron chi connectivity index (χ0n) is 10.3. The van der Waals surface area contributed by atoms with E-state index >= 15 is 0 Å². The van der Waals surface area contributed by atoms with E-state index in [1.807, 2.05) is 12.1 Å². The summed E-state index contributed by atoms with van der Waals surface area (Å²) in [6.07, 6.45) is 1.78. The maximum Gasteiger partial charge on any atom is 0.0772 e. The Morgan fingerprint density at radius 2 is 1.94 bits per heavy atom. The minimum absolute atomic E-state index is 0.459. The molecule has 0 radical (unpaired) electrons. The second kappa shape index (κ2) is 5.98. The van der Waals surface area contributed by atoms with Crippen LogP contribution in [0, 0.1) is 0 Å². The lowest BCUT2D eigenvalue weighted by molar-refractivity contribution is 0.883. The number of nitrogens with zero attached hydrogens (tertiary/aromatic N) is 2. The Hall–Kier alpha value is -1.39. The van der Waals surface area contributed by atoms with Crippen LogP contribution in [0.2, 0.25) is 0 Å². The molecule has 0 aliphatic rings. The predicted octanol–water partition coefficient (Wildman–Crippen LogP) is 2.94. The first kappa shape index (κ1) is 13.1. The van der Waals surface area contributed by atoms with Crippen LogP contribution in [0.5, 0.6) is 0 Å². The first-order valence-electron chi connectivity index (χ1n) is 5.80. The van der Waals surface area contributed by atoms with Gasteiger partial charge < -0.3 is 10.6 Å². The van der Waals surface area contributed by atoms with Gasteiger partial charge in [-0.05, 0) is 29.8 Å². The summed E-state index contributed by atoms with van der Waals surface area (Å²) in [4.78, 5) is 6.46. The van der Waals surface area contributed by atoms with Crippen molar-refractivity contribution in [2.45, 2.75) is 13.1 Å². The van der Waals surface area contributed by atoms with Crippen LogP contribution >= 0.6 is 15.9 Å². The Balaban J connectivity index is 2.16. The molecule has 18 heavy (non-hydrogen) atoms. The smallest absolute Gasteiger partial charge is 0.0772 e. The van der Waals surface area contributed by atoms with E-state index in [0.29, 0.717) is 6.54 Å². The molecule has 94 valence electrons. The Morgan fingerprint density at radius 1 is 1.22 bits per heavy atom. The molecule has 0 fully saturated rings. The van der Waals surface area contributed by atoms with E-state index in [1.165, 1.54) is 5.56 Å². The highest BCUT2D eigenvalue weighted by Gasteiger charge is 2.07. The largest absolute Gasteiger partial charge is 0.369 e. The summed E-state index contributed by atoms with van der Waals surface area (Å²) in [5.74, 6) is 0. The average Bonchev–Trinajstić information content (AvgIpc) is 2.41. The van der Waals surface area contributed by atoms with Gasteiger partial charge in [0.2, 0.25) is 0 Å². The van der Waals surface area contributed by atoms with Gasteiger partial charge >= 0.3 is 0 Å². The van der Waals surface area contributed by atoms with Gasteiger partial charge in [-0.15, -0.1) is 0 Å². The summed E-state index contributed by atoms with van der Waals surface area (Å²) >= 11 is 3.44. The summed E-state index contributed by atoms with van der Waals surface area (Å²) < 4.78 is 1.10. The average molecular weight is 306 g/mol. The minimum Gasteiger partial charge on any atom is -0.369 e. The number of halogens is 1. The van der Waals surface area contributed by atoms with E-state index in [1.54, 1.807) is 6.20 Å². The number of rotatable bonds is 4. The number of nitrogens with two attached hydrogens (primary N) is 1. The summed E-state index contributed by atoms with van der Waals surface area (Å²) in [7, 11) is 2.05.